The largest absolute Gasteiger partial charge is 0.383 e. The molecule has 0 aliphatic carbocycles. The van der Waals surface area contributed by atoms with Gasteiger partial charge in [0.2, 0.25) is 0 Å². The Morgan fingerprint density at radius 3 is 2.74 bits per heavy atom. The van der Waals surface area contributed by atoms with Crippen molar-refractivity contribution >= 4 is 46.4 Å². The van der Waals surface area contributed by atoms with E-state index in [1.165, 1.54) is 11.8 Å². The van der Waals surface area contributed by atoms with Crippen molar-refractivity contribution in [2.45, 2.75) is 32.0 Å². The number of carbonyl (C=O) groups excluding carboxylic acids is 1. The van der Waals surface area contributed by atoms with Gasteiger partial charge in [-0.1, -0.05) is 35.0 Å². The lowest BCUT2D eigenvalue weighted by Crippen LogP contribution is -2.14. The van der Waals surface area contributed by atoms with E-state index < -0.39 is 0 Å². The molecule has 0 saturated carbocycles. The third-order valence-electron chi connectivity index (χ3n) is 4.36. The van der Waals surface area contributed by atoms with Gasteiger partial charge in [-0.2, -0.15) is 0 Å². The topological polar surface area (TPSA) is 61.4 Å². The summed E-state index contributed by atoms with van der Waals surface area (Å²) in [5, 5.41) is 9.66. The zero-order valence-electron chi connectivity index (χ0n) is 15.5. The van der Waals surface area contributed by atoms with Gasteiger partial charge in [-0.3, -0.25) is 9.20 Å². The third kappa shape index (κ3) is 4.01. The number of methoxy groups -OCH3 is 1. The first-order valence-corrected chi connectivity index (χ1v) is 10.1. The van der Waals surface area contributed by atoms with Gasteiger partial charge in [0.1, 0.15) is 0 Å². The van der Waals surface area contributed by atoms with E-state index in [9.17, 15) is 4.79 Å². The average Bonchev–Trinajstić information content (AvgIpc) is 3.13. The molecule has 0 amide bonds. The molecule has 0 aliphatic heterocycles. The molecule has 0 fully saturated rings. The highest BCUT2D eigenvalue weighted by atomic mass is 35.5. The van der Waals surface area contributed by atoms with Crippen LogP contribution in [0.1, 0.15) is 34.7 Å². The van der Waals surface area contributed by atoms with Crippen molar-refractivity contribution in [1.29, 1.82) is 0 Å². The number of Topliss-reactive ketones (excluding diaryl/α,β-unsaturated/α-hetero) is 1. The molecule has 9 heteroatoms. The number of pyridine rings is 1. The number of carbonyl (C=O) groups is 1. The molecular weight excluding hydrogens is 407 g/mol. The van der Waals surface area contributed by atoms with E-state index in [-0.39, 0.29) is 17.6 Å². The number of aromatic nitrogens is 4. The number of aryl methyl sites for hydroxylation is 1. The van der Waals surface area contributed by atoms with Gasteiger partial charge in [-0.15, -0.1) is 10.2 Å². The maximum Gasteiger partial charge on any atom is 0.196 e. The van der Waals surface area contributed by atoms with Crippen molar-refractivity contribution in [2.24, 2.45) is 0 Å². The lowest BCUT2D eigenvalue weighted by Gasteiger charge is -2.17. The second-order valence-corrected chi connectivity index (χ2v) is 8.14. The van der Waals surface area contributed by atoms with Crippen LogP contribution in [0.25, 0.3) is 5.65 Å². The molecule has 0 unspecified atom stereocenters. The highest BCUT2D eigenvalue weighted by Gasteiger charge is 2.20. The lowest BCUT2D eigenvalue weighted by molar-refractivity contribution is 0.102. The molecule has 0 saturated heterocycles. The highest BCUT2D eigenvalue weighted by molar-refractivity contribution is 7.99. The molecule has 3 heterocycles. The van der Waals surface area contributed by atoms with E-state index >= 15 is 0 Å². The fourth-order valence-electron chi connectivity index (χ4n) is 3.26. The molecule has 0 spiro atoms. The molecule has 6 nitrogen and oxygen atoms in total. The number of ketones is 1. The van der Waals surface area contributed by atoms with Crippen LogP contribution in [0.2, 0.25) is 10.0 Å². The summed E-state index contributed by atoms with van der Waals surface area (Å²) in [6.45, 7) is 6.62. The van der Waals surface area contributed by atoms with Gasteiger partial charge in [0, 0.05) is 30.3 Å². The summed E-state index contributed by atoms with van der Waals surface area (Å²) in [4.78, 5) is 12.8. The number of fused-ring (bicyclic) bond motifs is 1. The summed E-state index contributed by atoms with van der Waals surface area (Å²) in [5.74, 6) is 0.280. The first kappa shape index (κ1) is 20.2. The minimum Gasteiger partial charge on any atom is -0.383 e. The van der Waals surface area contributed by atoms with Crippen molar-refractivity contribution in [1.82, 2.24) is 19.2 Å². The Hall–Kier alpha value is -1.54. The molecule has 3 rings (SSSR count). The van der Waals surface area contributed by atoms with Crippen LogP contribution in [-0.2, 0) is 4.74 Å². The van der Waals surface area contributed by atoms with Gasteiger partial charge >= 0.3 is 0 Å². The van der Waals surface area contributed by atoms with E-state index in [0.29, 0.717) is 33.0 Å². The molecule has 0 aromatic carbocycles. The maximum absolute atomic E-state index is 12.8. The summed E-state index contributed by atoms with van der Waals surface area (Å²) in [7, 11) is 1.68. The summed E-state index contributed by atoms with van der Waals surface area (Å²) in [6, 6.07) is 3.71. The number of thioether (sulfide) groups is 1. The number of rotatable bonds is 7. The van der Waals surface area contributed by atoms with Crippen LogP contribution in [0, 0.1) is 13.8 Å². The molecular formula is C18H20Cl2N4O2S. The van der Waals surface area contributed by atoms with Gasteiger partial charge in [0.25, 0.3) is 0 Å². The summed E-state index contributed by atoms with van der Waals surface area (Å²) < 4.78 is 9.08. The molecule has 1 atom stereocenters. The zero-order valence-corrected chi connectivity index (χ0v) is 17.8. The fourth-order valence-corrected chi connectivity index (χ4v) is 4.56. The average molecular weight is 427 g/mol. The Balaban J connectivity index is 1.80. The van der Waals surface area contributed by atoms with Gasteiger partial charge in [0.15, 0.2) is 16.6 Å². The standard InChI is InChI=1S/C18H20Cl2N4O2S/c1-10-5-14(12(3)24(10)11(2)8-26-4)16(25)9-27-18-22-21-17-15(20)6-13(19)7-23(17)18/h5-7,11H,8-9H2,1-4H3/t11-/m1/s1. The van der Waals surface area contributed by atoms with Crippen LogP contribution in [0.5, 0.6) is 0 Å². The van der Waals surface area contributed by atoms with Crippen LogP contribution < -0.4 is 0 Å². The van der Waals surface area contributed by atoms with Crippen LogP contribution >= 0.6 is 35.0 Å². The van der Waals surface area contributed by atoms with Crippen LogP contribution in [0.15, 0.2) is 23.5 Å². The molecule has 3 aromatic rings. The predicted molar refractivity (Wildman–Crippen MR) is 109 cm³/mol. The molecule has 0 N–H and O–H groups in total. The summed E-state index contributed by atoms with van der Waals surface area (Å²) in [5.41, 5.74) is 3.21. The molecule has 144 valence electrons. The molecule has 0 aliphatic rings. The van der Waals surface area contributed by atoms with E-state index in [2.05, 4.69) is 21.7 Å². The van der Waals surface area contributed by atoms with Crippen molar-refractivity contribution in [2.75, 3.05) is 19.5 Å². The first-order chi connectivity index (χ1) is 12.8. The van der Waals surface area contributed by atoms with Gasteiger partial charge in [0.05, 0.1) is 28.4 Å². The Kier molecular flexibility index (Phi) is 6.15. The van der Waals surface area contributed by atoms with Gasteiger partial charge in [-0.25, -0.2) is 0 Å². The van der Waals surface area contributed by atoms with Crippen LogP contribution in [0.3, 0.4) is 0 Å². The van der Waals surface area contributed by atoms with Gasteiger partial charge in [-0.05, 0) is 32.9 Å². The van der Waals surface area contributed by atoms with Crippen molar-refractivity contribution in [3.63, 3.8) is 0 Å². The smallest absolute Gasteiger partial charge is 0.196 e. The number of ether oxygens (including phenoxy) is 1. The quantitative estimate of drug-likeness (QED) is 0.406. The Bertz CT molecular complexity index is 999. The van der Waals surface area contributed by atoms with E-state index in [0.717, 1.165) is 11.4 Å². The van der Waals surface area contributed by atoms with Crippen LogP contribution in [-0.4, -0.2) is 44.4 Å². The van der Waals surface area contributed by atoms with Crippen LogP contribution in [0.4, 0.5) is 0 Å². The number of halogens is 2. The van der Waals surface area contributed by atoms with E-state index in [1.807, 2.05) is 19.9 Å². The minimum absolute atomic E-state index is 0.0360. The Morgan fingerprint density at radius 2 is 2.04 bits per heavy atom. The monoisotopic (exact) mass is 426 g/mol. The number of nitrogens with zero attached hydrogens (tertiary/aromatic N) is 4. The summed E-state index contributed by atoms with van der Waals surface area (Å²) >= 11 is 13.5. The number of hydrogen-bond donors (Lipinski definition) is 0. The first-order valence-electron chi connectivity index (χ1n) is 8.36. The lowest BCUT2D eigenvalue weighted by atomic mass is 10.2. The zero-order chi connectivity index (χ0) is 19.7. The third-order valence-corrected chi connectivity index (χ3v) is 5.79. The Morgan fingerprint density at radius 1 is 1.30 bits per heavy atom. The van der Waals surface area contributed by atoms with Crippen molar-refractivity contribution in [3.8, 4) is 0 Å². The SMILES string of the molecule is COC[C@@H](C)n1c(C)cc(C(=O)CSc2nnc3c(Cl)cc(Cl)cn23)c1C. The molecule has 3 aromatic heterocycles. The second kappa shape index (κ2) is 8.22. The Labute approximate surface area is 171 Å². The second-order valence-electron chi connectivity index (χ2n) is 6.35. The van der Waals surface area contributed by atoms with E-state index in [4.69, 9.17) is 27.9 Å². The normalized spacial score (nSPS) is 12.7. The number of hydrogen-bond acceptors (Lipinski definition) is 5. The van der Waals surface area contributed by atoms with Gasteiger partial charge < -0.3 is 9.30 Å². The van der Waals surface area contributed by atoms with Crippen molar-refractivity contribution in [3.05, 3.63) is 45.3 Å². The highest BCUT2D eigenvalue weighted by Crippen LogP contribution is 2.27. The summed E-state index contributed by atoms with van der Waals surface area (Å²) in [6.07, 6.45) is 1.69. The molecule has 0 radical (unpaired) electrons. The van der Waals surface area contributed by atoms with Crippen molar-refractivity contribution < 1.29 is 9.53 Å². The predicted octanol–water partition coefficient (Wildman–Crippen LogP) is 4.64. The van der Waals surface area contributed by atoms with E-state index in [1.54, 1.807) is 23.8 Å². The molecule has 0 bridgehead atoms. The maximum atomic E-state index is 12.8. The minimum atomic E-state index is 0.0360. The molecule has 27 heavy (non-hydrogen) atoms. The fraction of sp³-hybridized carbons (Fsp3) is 0.389.